The van der Waals surface area contributed by atoms with Crippen molar-refractivity contribution in [2.24, 2.45) is 0 Å². The Balaban J connectivity index is 1.31. The van der Waals surface area contributed by atoms with Crippen molar-refractivity contribution in [1.29, 1.82) is 0 Å². The first-order chi connectivity index (χ1) is 17.5. The van der Waals surface area contributed by atoms with Gasteiger partial charge < -0.3 is 9.80 Å². The minimum atomic E-state index is -0.238. The first-order valence-electron chi connectivity index (χ1n) is 11.7. The van der Waals surface area contributed by atoms with Gasteiger partial charge in [0.05, 0.1) is 17.1 Å². The first kappa shape index (κ1) is 24.3. The number of amides is 1. The Morgan fingerprint density at radius 1 is 0.972 bits per heavy atom. The van der Waals surface area contributed by atoms with Crippen molar-refractivity contribution in [1.82, 2.24) is 19.7 Å². The lowest BCUT2D eigenvalue weighted by atomic mass is 10.1. The van der Waals surface area contributed by atoms with Gasteiger partial charge in [0, 0.05) is 36.8 Å². The smallest absolute Gasteiger partial charge is 0.233 e. The highest BCUT2D eigenvalue weighted by Gasteiger charge is 2.24. The monoisotopic (exact) mass is 521 g/mol. The number of carbonyl (C=O) groups excluding carboxylic acids is 1. The van der Waals surface area contributed by atoms with E-state index in [0.717, 1.165) is 16.8 Å². The maximum Gasteiger partial charge on any atom is 0.233 e. The molecule has 0 saturated carbocycles. The van der Waals surface area contributed by atoms with Gasteiger partial charge in [-0.3, -0.25) is 9.36 Å². The Labute approximate surface area is 218 Å². The largest absolute Gasteiger partial charge is 0.366 e. The summed E-state index contributed by atoms with van der Waals surface area (Å²) in [4.78, 5) is 16.8. The fourth-order valence-corrected chi connectivity index (χ4v) is 5.26. The highest BCUT2D eigenvalue weighted by molar-refractivity contribution is 7.99. The van der Waals surface area contributed by atoms with Gasteiger partial charge >= 0.3 is 0 Å². The van der Waals surface area contributed by atoms with E-state index in [2.05, 4.69) is 10.2 Å². The predicted molar refractivity (Wildman–Crippen MR) is 142 cm³/mol. The van der Waals surface area contributed by atoms with Gasteiger partial charge in [0.15, 0.2) is 11.0 Å². The molecular weight excluding hydrogens is 497 g/mol. The number of benzene rings is 3. The molecular formula is C27H25ClFN5OS. The van der Waals surface area contributed by atoms with E-state index in [9.17, 15) is 9.18 Å². The molecule has 1 aliphatic rings. The number of nitrogens with zero attached hydrogens (tertiary/aromatic N) is 5. The van der Waals surface area contributed by atoms with Crippen LogP contribution in [0.25, 0.3) is 17.1 Å². The number of anilines is 1. The Hall–Kier alpha value is -3.36. The number of aryl methyl sites for hydroxylation is 1. The summed E-state index contributed by atoms with van der Waals surface area (Å²) in [5.41, 5.74) is 3.49. The Morgan fingerprint density at radius 3 is 2.44 bits per heavy atom. The summed E-state index contributed by atoms with van der Waals surface area (Å²) in [7, 11) is 0. The molecule has 1 amide bonds. The minimum Gasteiger partial charge on any atom is -0.366 e. The van der Waals surface area contributed by atoms with E-state index in [1.165, 1.54) is 17.8 Å². The maximum atomic E-state index is 14.1. The van der Waals surface area contributed by atoms with Crippen molar-refractivity contribution in [3.63, 3.8) is 0 Å². The van der Waals surface area contributed by atoms with Gasteiger partial charge in [0.1, 0.15) is 5.82 Å². The quantitative estimate of drug-likeness (QED) is 0.315. The van der Waals surface area contributed by atoms with E-state index >= 15 is 0 Å². The van der Waals surface area contributed by atoms with Crippen molar-refractivity contribution in [2.75, 3.05) is 36.8 Å². The number of hydrogen-bond acceptors (Lipinski definition) is 5. The van der Waals surface area contributed by atoms with Gasteiger partial charge in [0.2, 0.25) is 5.91 Å². The second-order valence-corrected chi connectivity index (χ2v) is 9.97. The summed E-state index contributed by atoms with van der Waals surface area (Å²) in [6.45, 7) is 4.31. The Kier molecular flexibility index (Phi) is 7.25. The highest BCUT2D eigenvalue weighted by Crippen LogP contribution is 2.29. The molecule has 0 spiro atoms. The Bertz CT molecular complexity index is 1370. The van der Waals surface area contributed by atoms with E-state index in [-0.39, 0.29) is 17.5 Å². The molecule has 5 rings (SSSR count). The summed E-state index contributed by atoms with van der Waals surface area (Å²) in [6, 6.07) is 22.3. The van der Waals surface area contributed by atoms with Gasteiger partial charge in [-0.05, 0) is 37.3 Å². The number of halogens is 2. The van der Waals surface area contributed by atoms with Crippen LogP contribution in [0.15, 0.2) is 78.0 Å². The van der Waals surface area contributed by atoms with Crippen LogP contribution in [-0.2, 0) is 4.79 Å². The molecule has 0 bridgehead atoms. The molecule has 1 aromatic heterocycles. The molecule has 2 heterocycles. The molecule has 184 valence electrons. The van der Waals surface area contributed by atoms with Crippen LogP contribution in [0, 0.1) is 12.7 Å². The maximum absolute atomic E-state index is 14.1. The summed E-state index contributed by atoms with van der Waals surface area (Å²) in [6.07, 6.45) is 0. The molecule has 4 aromatic rings. The van der Waals surface area contributed by atoms with Crippen LogP contribution >= 0.6 is 23.4 Å². The molecule has 1 saturated heterocycles. The van der Waals surface area contributed by atoms with Crippen molar-refractivity contribution in [2.45, 2.75) is 12.1 Å². The number of thioether (sulfide) groups is 1. The van der Waals surface area contributed by atoms with E-state index < -0.39 is 0 Å². The normalized spacial score (nSPS) is 13.8. The zero-order chi connectivity index (χ0) is 25.1. The van der Waals surface area contributed by atoms with Crippen LogP contribution in [-0.4, -0.2) is 57.5 Å². The molecule has 6 nitrogen and oxygen atoms in total. The molecule has 0 aliphatic carbocycles. The van der Waals surface area contributed by atoms with Crippen LogP contribution in [0.5, 0.6) is 0 Å². The molecule has 1 aliphatic heterocycles. The molecule has 1 fully saturated rings. The van der Waals surface area contributed by atoms with Crippen molar-refractivity contribution >= 4 is 35.0 Å². The molecule has 36 heavy (non-hydrogen) atoms. The number of aromatic nitrogens is 3. The van der Waals surface area contributed by atoms with Gasteiger partial charge in [-0.25, -0.2) is 4.39 Å². The average Bonchev–Trinajstić information content (AvgIpc) is 3.32. The van der Waals surface area contributed by atoms with E-state index in [1.54, 1.807) is 12.1 Å². The van der Waals surface area contributed by atoms with Gasteiger partial charge in [0.25, 0.3) is 0 Å². The van der Waals surface area contributed by atoms with Crippen molar-refractivity contribution < 1.29 is 9.18 Å². The van der Waals surface area contributed by atoms with E-state index in [1.807, 2.05) is 75.9 Å². The van der Waals surface area contributed by atoms with E-state index in [4.69, 9.17) is 11.6 Å². The second-order valence-electron chi connectivity index (χ2n) is 8.60. The predicted octanol–water partition coefficient (Wildman–Crippen LogP) is 5.48. The minimum absolute atomic E-state index is 0.0192. The fourth-order valence-electron chi connectivity index (χ4n) is 4.22. The topological polar surface area (TPSA) is 54.3 Å². The van der Waals surface area contributed by atoms with Crippen LogP contribution in [0.4, 0.5) is 10.1 Å². The van der Waals surface area contributed by atoms with Gasteiger partial charge in [-0.15, -0.1) is 10.2 Å². The first-order valence-corrected chi connectivity index (χ1v) is 13.0. The van der Waals surface area contributed by atoms with Crippen LogP contribution in [0.2, 0.25) is 5.02 Å². The number of hydrogen-bond donors (Lipinski definition) is 0. The lowest BCUT2D eigenvalue weighted by Crippen LogP contribution is -2.49. The number of para-hydroxylation sites is 1. The lowest BCUT2D eigenvalue weighted by molar-refractivity contribution is -0.128. The lowest BCUT2D eigenvalue weighted by Gasteiger charge is -2.36. The second kappa shape index (κ2) is 10.7. The van der Waals surface area contributed by atoms with Gasteiger partial charge in [-0.1, -0.05) is 71.4 Å². The molecule has 0 unspecified atom stereocenters. The van der Waals surface area contributed by atoms with Crippen molar-refractivity contribution in [3.05, 3.63) is 89.2 Å². The molecule has 3 aromatic carbocycles. The summed E-state index contributed by atoms with van der Waals surface area (Å²) < 4.78 is 16.1. The van der Waals surface area contributed by atoms with Crippen LogP contribution in [0.3, 0.4) is 0 Å². The third-order valence-corrected chi connectivity index (χ3v) is 7.31. The van der Waals surface area contributed by atoms with Gasteiger partial charge in [-0.2, -0.15) is 0 Å². The molecule has 0 N–H and O–H groups in total. The molecule has 9 heteroatoms. The Morgan fingerprint density at radius 2 is 1.72 bits per heavy atom. The van der Waals surface area contributed by atoms with Crippen LogP contribution < -0.4 is 4.90 Å². The van der Waals surface area contributed by atoms with E-state index in [0.29, 0.717) is 47.9 Å². The third kappa shape index (κ3) is 5.24. The average molecular weight is 522 g/mol. The standard InChI is InChI=1S/C27H25ClFN5OS/c1-19-9-11-20(12-10-19)26-30-31-27(34(26)22-6-4-5-21(28)17-22)36-18-25(35)33-15-13-32(14-16-33)24-8-3-2-7-23(24)29/h2-12,17H,13-16,18H2,1H3. The number of carbonyl (C=O) groups is 1. The molecule has 0 atom stereocenters. The zero-order valence-corrected chi connectivity index (χ0v) is 21.3. The van der Waals surface area contributed by atoms with Crippen molar-refractivity contribution in [3.8, 4) is 17.1 Å². The number of rotatable bonds is 6. The van der Waals surface area contributed by atoms with Crippen LogP contribution in [0.1, 0.15) is 5.56 Å². The zero-order valence-electron chi connectivity index (χ0n) is 19.8. The number of piperazine rings is 1. The molecule has 0 radical (unpaired) electrons. The SMILES string of the molecule is Cc1ccc(-c2nnc(SCC(=O)N3CCN(c4ccccc4F)CC3)n2-c2cccc(Cl)c2)cc1. The summed E-state index contributed by atoms with van der Waals surface area (Å²) in [5, 5.41) is 10.1. The third-order valence-electron chi connectivity index (χ3n) is 6.16. The highest BCUT2D eigenvalue weighted by atomic mass is 35.5. The summed E-state index contributed by atoms with van der Waals surface area (Å²) >= 11 is 7.63. The fraction of sp³-hybridized carbons (Fsp3) is 0.222. The summed E-state index contributed by atoms with van der Waals surface area (Å²) in [5.74, 6) is 0.695.